The minimum absolute atomic E-state index is 0.106. The molecular formula is C22H17Cl2NO3. The van der Waals surface area contributed by atoms with Crippen LogP contribution in [-0.4, -0.2) is 17.6 Å². The number of benzene rings is 2. The standard InChI is InChI=1S/C22H17Cl2NO3/c1-12-6-15-11-27-21(26)22(15,9-12)10-13-2-5-18-19(7-13)28-20(25-18)14-3-4-16(23)17(24)8-14/h2-5,7-8,15H,1,6,9-11H2. The fourth-order valence-corrected chi connectivity index (χ4v) is 4.76. The quantitative estimate of drug-likeness (QED) is 0.398. The minimum atomic E-state index is -0.489. The van der Waals surface area contributed by atoms with Crippen molar-refractivity contribution in [1.29, 1.82) is 0 Å². The van der Waals surface area contributed by atoms with Crippen molar-refractivity contribution < 1.29 is 13.9 Å². The molecule has 0 radical (unpaired) electrons. The Morgan fingerprint density at radius 3 is 2.86 bits per heavy atom. The Balaban J connectivity index is 1.49. The fourth-order valence-electron chi connectivity index (χ4n) is 4.46. The van der Waals surface area contributed by atoms with E-state index in [0.29, 0.717) is 41.0 Å². The molecule has 0 amide bonds. The summed E-state index contributed by atoms with van der Waals surface area (Å²) in [6, 6.07) is 11.2. The van der Waals surface area contributed by atoms with Crippen LogP contribution in [-0.2, 0) is 16.0 Å². The van der Waals surface area contributed by atoms with E-state index in [0.717, 1.165) is 28.6 Å². The molecule has 2 atom stereocenters. The number of cyclic esters (lactones) is 1. The molecule has 1 aliphatic heterocycles. The Labute approximate surface area is 172 Å². The van der Waals surface area contributed by atoms with Crippen LogP contribution in [0.25, 0.3) is 22.6 Å². The van der Waals surface area contributed by atoms with Gasteiger partial charge in [0.1, 0.15) is 5.52 Å². The van der Waals surface area contributed by atoms with E-state index in [-0.39, 0.29) is 11.9 Å². The molecule has 5 rings (SSSR count). The third kappa shape index (κ3) is 2.75. The molecule has 0 bridgehead atoms. The first-order valence-electron chi connectivity index (χ1n) is 9.13. The van der Waals surface area contributed by atoms with Crippen LogP contribution in [0.15, 0.2) is 53.0 Å². The van der Waals surface area contributed by atoms with E-state index < -0.39 is 5.41 Å². The number of halogens is 2. The van der Waals surface area contributed by atoms with Gasteiger partial charge in [-0.15, -0.1) is 0 Å². The van der Waals surface area contributed by atoms with Crippen LogP contribution in [0.5, 0.6) is 0 Å². The van der Waals surface area contributed by atoms with E-state index in [2.05, 4.69) is 11.6 Å². The SMILES string of the molecule is C=C1CC2COC(=O)C2(Cc2ccc3nc(-c4ccc(Cl)c(Cl)c4)oc3c2)C1. The number of aromatic nitrogens is 1. The van der Waals surface area contributed by atoms with Crippen molar-refractivity contribution in [3.63, 3.8) is 0 Å². The second kappa shape index (κ2) is 6.36. The number of fused-ring (bicyclic) bond motifs is 2. The summed E-state index contributed by atoms with van der Waals surface area (Å²) in [5.74, 6) is 0.589. The average Bonchev–Trinajstić information content (AvgIpc) is 3.30. The normalized spacial score (nSPS) is 24.0. The van der Waals surface area contributed by atoms with Crippen molar-refractivity contribution in [2.75, 3.05) is 6.61 Å². The van der Waals surface area contributed by atoms with Crippen LogP contribution in [0.4, 0.5) is 0 Å². The highest BCUT2D eigenvalue weighted by molar-refractivity contribution is 6.42. The summed E-state index contributed by atoms with van der Waals surface area (Å²) in [6.07, 6.45) is 2.17. The van der Waals surface area contributed by atoms with E-state index in [1.54, 1.807) is 12.1 Å². The topological polar surface area (TPSA) is 52.3 Å². The Kier molecular flexibility index (Phi) is 4.04. The van der Waals surface area contributed by atoms with Crippen molar-refractivity contribution in [3.8, 4) is 11.5 Å². The summed E-state index contributed by atoms with van der Waals surface area (Å²) >= 11 is 12.1. The summed E-state index contributed by atoms with van der Waals surface area (Å²) < 4.78 is 11.3. The van der Waals surface area contributed by atoms with E-state index in [4.69, 9.17) is 32.4 Å². The number of rotatable bonds is 3. The molecule has 1 saturated carbocycles. The minimum Gasteiger partial charge on any atom is -0.465 e. The molecule has 2 fully saturated rings. The molecule has 4 nitrogen and oxygen atoms in total. The maximum Gasteiger partial charge on any atom is 0.313 e. The number of nitrogens with zero attached hydrogens (tertiary/aromatic N) is 1. The van der Waals surface area contributed by atoms with Gasteiger partial charge in [0.25, 0.3) is 0 Å². The molecule has 142 valence electrons. The predicted molar refractivity (Wildman–Crippen MR) is 108 cm³/mol. The van der Waals surface area contributed by atoms with Gasteiger partial charge in [-0.1, -0.05) is 41.4 Å². The molecule has 2 aliphatic rings. The van der Waals surface area contributed by atoms with Crippen molar-refractivity contribution in [1.82, 2.24) is 4.98 Å². The first-order valence-corrected chi connectivity index (χ1v) is 9.89. The zero-order valence-corrected chi connectivity index (χ0v) is 16.5. The van der Waals surface area contributed by atoms with Gasteiger partial charge in [0, 0.05) is 11.5 Å². The smallest absolute Gasteiger partial charge is 0.313 e. The lowest BCUT2D eigenvalue weighted by Crippen LogP contribution is -2.31. The van der Waals surface area contributed by atoms with Crippen LogP contribution < -0.4 is 0 Å². The van der Waals surface area contributed by atoms with Gasteiger partial charge in [-0.2, -0.15) is 0 Å². The van der Waals surface area contributed by atoms with Gasteiger partial charge in [0.05, 0.1) is 22.1 Å². The van der Waals surface area contributed by atoms with Gasteiger partial charge >= 0.3 is 5.97 Å². The second-order valence-electron chi connectivity index (χ2n) is 7.71. The summed E-state index contributed by atoms with van der Waals surface area (Å²) in [6.45, 7) is 4.59. The number of carbonyl (C=O) groups excluding carboxylic acids is 1. The van der Waals surface area contributed by atoms with Crippen LogP contribution in [0, 0.1) is 11.3 Å². The maximum atomic E-state index is 12.5. The molecule has 0 spiro atoms. The Bertz CT molecular complexity index is 1140. The first-order chi connectivity index (χ1) is 13.4. The summed E-state index contributed by atoms with van der Waals surface area (Å²) in [4.78, 5) is 17.1. The second-order valence-corrected chi connectivity index (χ2v) is 8.52. The highest BCUT2D eigenvalue weighted by atomic mass is 35.5. The number of carbonyl (C=O) groups is 1. The van der Waals surface area contributed by atoms with Crippen molar-refractivity contribution >= 4 is 40.3 Å². The van der Waals surface area contributed by atoms with E-state index in [9.17, 15) is 4.79 Å². The monoisotopic (exact) mass is 413 g/mol. The highest BCUT2D eigenvalue weighted by Crippen LogP contribution is 2.52. The third-order valence-electron chi connectivity index (χ3n) is 5.84. The van der Waals surface area contributed by atoms with E-state index in [1.165, 1.54) is 0 Å². The third-order valence-corrected chi connectivity index (χ3v) is 6.58. The summed E-state index contributed by atoms with van der Waals surface area (Å²) in [5, 5.41) is 0.938. The molecule has 2 unspecified atom stereocenters. The molecule has 1 aromatic heterocycles. The maximum absolute atomic E-state index is 12.5. The van der Waals surface area contributed by atoms with Crippen molar-refractivity contribution in [3.05, 3.63) is 64.2 Å². The lowest BCUT2D eigenvalue weighted by Gasteiger charge is -2.23. The number of ether oxygens (including phenoxy) is 1. The fraction of sp³-hybridized carbons (Fsp3) is 0.273. The van der Waals surface area contributed by atoms with Gasteiger partial charge in [-0.3, -0.25) is 4.79 Å². The lowest BCUT2D eigenvalue weighted by molar-refractivity contribution is -0.146. The van der Waals surface area contributed by atoms with Crippen LogP contribution in [0.3, 0.4) is 0 Å². The van der Waals surface area contributed by atoms with Crippen LogP contribution in [0.2, 0.25) is 10.0 Å². The van der Waals surface area contributed by atoms with Crippen LogP contribution in [0.1, 0.15) is 18.4 Å². The molecule has 2 heterocycles. The highest BCUT2D eigenvalue weighted by Gasteiger charge is 2.55. The molecule has 1 saturated heterocycles. The van der Waals surface area contributed by atoms with Gasteiger partial charge in [-0.25, -0.2) is 4.98 Å². The predicted octanol–water partition coefficient (Wildman–Crippen LogP) is 5.85. The molecule has 2 aromatic carbocycles. The van der Waals surface area contributed by atoms with Crippen LogP contribution >= 0.6 is 23.2 Å². The Hall–Kier alpha value is -2.30. The zero-order valence-electron chi connectivity index (χ0n) is 15.0. The molecular weight excluding hydrogens is 397 g/mol. The molecule has 0 N–H and O–H groups in total. The molecule has 3 aromatic rings. The zero-order chi connectivity index (χ0) is 19.5. The van der Waals surface area contributed by atoms with E-state index in [1.807, 2.05) is 24.3 Å². The number of oxazole rings is 1. The van der Waals surface area contributed by atoms with Gasteiger partial charge < -0.3 is 9.15 Å². The number of esters is 1. The Morgan fingerprint density at radius 1 is 1.18 bits per heavy atom. The largest absolute Gasteiger partial charge is 0.465 e. The molecule has 28 heavy (non-hydrogen) atoms. The first kappa shape index (κ1) is 17.8. The number of hydrogen-bond acceptors (Lipinski definition) is 4. The number of hydrogen-bond donors (Lipinski definition) is 0. The Morgan fingerprint density at radius 2 is 2.04 bits per heavy atom. The van der Waals surface area contributed by atoms with Crippen molar-refractivity contribution in [2.45, 2.75) is 19.3 Å². The average molecular weight is 414 g/mol. The van der Waals surface area contributed by atoms with E-state index >= 15 is 0 Å². The lowest BCUT2D eigenvalue weighted by atomic mass is 9.75. The van der Waals surface area contributed by atoms with Crippen molar-refractivity contribution in [2.24, 2.45) is 11.3 Å². The number of allylic oxidation sites excluding steroid dienone is 1. The van der Waals surface area contributed by atoms with Gasteiger partial charge in [0.15, 0.2) is 5.58 Å². The van der Waals surface area contributed by atoms with Gasteiger partial charge in [0.2, 0.25) is 5.89 Å². The summed E-state index contributed by atoms with van der Waals surface area (Å²) in [5.41, 5.74) is 3.86. The summed E-state index contributed by atoms with van der Waals surface area (Å²) in [7, 11) is 0. The molecule has 6 heteroatoms. The van der Waals surface area contributed by atoms with Gasteiger partial charge in [-0.05, 0) is 55.2 Å². The molecule has 1 aliphatic carbocycles.